The fourth-order valence-corrected chi connectivity index (χ4v) is 3.69. The van der Waals surface area contributed by atoms with Crippen LogP contribution in [0.15, 0.2) is 18.3 Å². The van der Waals surface area contributed by atoms with E-state index in [1.165, 1.54) is 19.3 Å². The van der Waals surface area contributed by atoms with E-state index in [0.29, 0.717) is 18.1 Å². The van der Waals surface area contributed by atoms with E-state index >= 15 is 0 Å². The zero-order valence-corrected chi connectivity index (χ0v) is 13.0. The van der Waals surface area contributed by atoms with Crippen LogP contribution in [0.1, 0.15) is 68.4 Å². The van der Waals surface area contributed by atoms with Gasteiger partial charge in [-0.05, 0) is 64.0 Å². The normalized spacial score (nSPS) is 26.4. The Hall–Kier alpha value is -1.29. The smallest absolute Gasteiger partial charge is 0.270 e. The van der Waals surface area contributed by atoms with E-state index in [2.05, 4.69) is 22.6 Å². The summed E-state index contributed by atoms with van der Waals surface area (Å²) in [5.41, 5.74) is 6.86. The number of nitrogens with two attached hydrogens (primary N) is 1. The summed E-state index contributed by atoms with van der Waals surface area (Å²) in [6.45, 7) is 2.87. The molecule has 0 saturated heterocycles. The van der Waals surface area contributed by atoms with Gasteiger partial charge in [0.1, 0.15) is 5.69 Å². The number of carbonyl (C=O) groups is 1. The molecule has 0 bridgehead atoms. The predicted octanol–water partition coefficient (Wildman–Crippen LogP) is 2.95. The first-order valence-corrected chi connectivity index (χ1v) is 8.44. The van der Waals surface area contributed by atoms with Crippen molar-refractivity contribution in [3.05, 3.63) is 24.0 Å². The average molecular weight is 289 g/mol. The fraction of sp³-hybridized carbons (Fsp3) is 0.706. The van der Waals surface area contributed by atoms with Gasteiger partial charge in [0.15, 0.2) is 0 Å². The molecule has 1 aromatic rings. The van der Waals surface area contributed by atoms with E-state index in [9.17, 15) is 4.79 Å². The number of aromatic nitrogens is 1. The molecule has 2 fully saturated rings. The summed E-state index contributed by atoms with van der Waals surface area (Å²) in [5, 5.41) is 0. The van der Waals surface area contributed by atoms with Gasteiger partial charge in [-0.3, -0.25) is 4.79 Å². The lowest BCUT2D eigenvalue weighted by molar-refractivity contribution is 0.0624. The molecule has 1 amide bonds. The van der Waals surface area contributed by atoms with Crippen LogP contribution in [-0.4, -0.2) is 34.0 Å². The third-order valence-corrected chi connectivity index (χ3v) is 5.25. The second kappa shape index (κ2) is 6.22. The first kappa shape index (κ1) is 14.6. The van der Waals surface area contributed by atoms with Crippen LogP contribution in [-0.2, 0) is 0 Å². The highest BCUT2D eigenvalue weighted by molar-refractivity contribution is 5.93. The van der Waals surface area contributed by atoms with Gasteiger partial charge in [-0.2, -0.15) is 0 Å². The highest BCUT2D eigenvalue weighted by Gasteiger charge is 2.30. The summed E-state index contributed by atoms with van der Waals surface area (Å²) < 4.78 is 2.20. The van der Waals surface area contributed by atoms with Crippen LogP contribution >= 0.6 is 0 Å². The number of hydrogen-bond acceptors (Lipinski definition) is 2. The zero-order chi connectivity index (χ0) is 14.8. The number of hydrogen-bond donors (Lipinski definition) is 1. The molecule has 0 radical (unpaired) electrons. The van der Waals surface area contributed by atoms with Crippen LogP contribution in [0.2, 0.25) is 0 Å². The third kappa shape index (κ3) is 2.86. The van der Waals surface area contributed by atoms with Crippen molar-refractivity contribution in [3.8, 4) is 0 Å². The standard InChI is InChI=1S/C17H27N3O/c1-2-19(15-10-8-13(18)9-11-15)17(21)16-7-4-12-20(16)14-5-3-6-14/h4,7,12-15H,2-3,5-6,8-11,18H2,1H3. The Morgan fingerprint density at radius 1 is 1.29 bits per heavy atom. The maximum atomic E-state index is 13.0. The molecular weight excluding hydrogens is 262 g/mol. The molecule has 1 heterocycles. The molecule has 4 heteroatoms. The Labute approximate surface area is 127 Å². The molecule has 2 saturated carbocycles. The molecule has 0 unspecified atom stereocenters. The molecule has 4 nitrogen and oxygen atoms in total. The van der Waals surface area contributed by atoms with Crippen LogP contribution in [0.5, 0.6) is 0 Å². The number of carbonyl (C=O) groups excluding carboxylic acids is 1. The monoisotopic (exact) mass is 289 g/mol. The Bertz CT molecular complexity index is 484. The second-order valence-electron chi connectivity index (χ2n) is 6.55. The maximum Gasteiger partial charge on any atom is 0.270 e. The van der Waals surface area contributed by atoms with Crippen molar-refractivity contribution in [2.24, 2.45) is 5.73 Å². The van der Waals surface area contributed by atoms with Crippen LogP contribution in [0.3, 0.4) is 0 Å². The highest BCUT2D eigenvalue weighted by Crippen LogP contribution is 2.33. The lowest BCUT2D eigenvalue weighted by Crippen LogP contribution is -2.44. The minimum absolute atomic E-state index is 0.204. The predicted molar refractivity (Wildman–Crippen MR) is 84.3 cm³/mol. The van der Waals surface area contributed by atoms with Crippen molar-refractivity contribution >= 4 is 5.91 Å². The molecular formula is C17H27N3O. The van der Waals surface area contributed by atoms with Gasteiger partial charge < -0.3 is 15.2 Å². The molecule has 2 aliphatic carbocycles. The molecule has 2 aliphatic rings. The van der Waals surface area contributed by atoms with Gasteiger partial charge in [-0.1, -0.05) is 0 Å². The van der Waals surface area contributed by atoms with Crippen molar-refractivity contribution in [3.63, 3.8) is 0 Å². The van der Waals surface area contributed by atoms with Gasteiger partial charge in [0.2, 0.25) is 0 Å². The lowest BCUT2D eigenvalue weighted by atomic mass is 9.90. The summed E-state index contributed by atoms with van der Waals surface area (Å²) in [6.07, 6.45) is 9.95. The summed E-state index contributed by atoms with van der Waals surface area (Å²) >= 11 is 0. The summed E-state index contributed by atoms with van der Waals surface area (Å²) in [5.74, 6) is 0.204. The van der Waals surface area contributed by atoms with Crippen LogP contribution in [0, 0.1) is 0 Å². The zero-order valence-electron chi connectivity index (χ0n) is 13.0. The third-order valence-electron chi connectivity index (χ3n) is 5.25. The van der Waals surface area contributed by atoms with Crippen molar-refractivity contribution in [2.45, 2.75) is 70.0 Å². The van der Waals surface area contributed by atoms with Gasteiger partial charge in [-0.15, -0.1) is 0 Å². The van der Waals surface area contributed by atoms with Crippen LogP contribution in [0.4, 0.5) is 0 Å². The van der Waals surface area contributed by atoms with Gasteiger partial charge in [0.25, 0.3) is 5.91 Å². The van der Waals surface area contributed by atoms with E-state index in [1.807, 2.05) is 12.1 Å². The average Bonchev–Trinajstić information content (AvgIpc) is 2.88. The number of amides is 1. The minimum Gasteiger partial charge on any atom is -0.340 e. The van der Waals surface area contributed by atoms with Crippen molar-refractivity contribution < 1.29 is 4.79 Å². The van der Waals surface area contributed by atoms with E-state index in [-0.39, 0.29) is 5.91 Å². The second-order valence-corrected chi connectivity index (χ2v) is 6.55. The molecule has 0 aliphatic heterocycles. The minimum atomic E-state index is 0.204. The topological polar surface area (TPSA) is 51.3 Å². The molecule has 21 heavy (non-hydrogen) atoms. The Morgan fingerprint density at radius 3 is 2.57 bits per heavy atom. The summed E-state index contributed by atoms with van der Waals surface area (Å²) in [6, 6.07) is 5.23. The van der Waals surface area contributed by atoms with Crippen molar-refractivity contribution in [2.75, 3.05) is 6.54 Å². The molecule has 0 spiro atoms. The van der Waals surface area contributed by atoms with E-state index in [1.54, 1.807) is 0 Å². The van der Waals surface area contributed by atoms with Gasteiger partial charge in [0, 0.05) is 30.9 Å². The van der Waals surface area contributed by atoms with E-state index in [4.69, 9.17) is 5.73 Å². The van der Waals surface area contributed by atoms with Crippen molar-refractivity contribution in [1.82, 2.24) is 9.47 Å². The van der Waals surface area contributed by atoms with Gasteiger partial charge >= 0.3 is 0 Å². The first-order valence-electron chi connectivity index (χ1n) is 8.44. The Kier molecular flexibility index (Phi) is 4.34. The van der Waals surface area contributed by atoms with E-state index < -0.39 is 0 Å². The van der Waals surface area contributed by atoms with Crippen LogP contribution in [0.25, 0.3) is 0 Å². The fourth-order valence-electron chi connectivity index (χ4n) is 3.69. The molecule has 0 atom stereocenters. The van der Waals surface area contributed by atoms with Crippen LogP contribution < -0.4 is 5.73 Å². The molecule has 2 N–H and O–H groups in total. The maximum absolute atomic E-state index is 13.0. The highest BCUT2D eigenvalue weighted by atomic mass is 16.2. The Morgan fingerprint density at radius 2 is 2.00 bits per heavy atom. The molecule has 0 aromatic carbocycles. The van der Waals surface area contributed by atoms with Crippen molar-refractivity contribution in [1.29, 1.82) is 0 Å². The SMILES string of the molecule is CCN(C(=O)c1cccn1C1CCC1)C1CCC(N)CC1. The summed E-state index contributed by atoms with van der Waals surface area (Å²) in [4.78, 5) is 15.0. The molecule has 116 valence electrons. The van der Waals surface area contributed by atoms with Gasteiger partial charge in [-0.25, -0.2) is 0 Å². The first-order chi connectivity index (χ1) is 10.2. The van der Waals surface area contributed by atoms with E-state index in [0.717, 1.165) is 37.9 Å². The quantitative estimate of drug-likeness (QED) is 0.926. The summed E-state index contributed by atoms with van der Waals surface area (Å²) in [7, 11) is 0. The lowest BCUT2D eigenvalue weighted by Gasteiger charge is -2.36. The number of rotatable bonds is 4. The molecule has 1 aromatic heterocycles. The van der Waals surface area contributed by atoms with Gasteiger partial charge in [0.05, 0.1) is 0 Å². The largest absolute Gasteiger partial charge is 0.340 e. The number of nitrogens with zero attached hydrogens (tertiary/aromatic N) is 2. The molecule has 3 rings (SSSR count). The Balaban J connectivity index is 1.74.